The van der Waals surface area contributed by atoms with Gasteiger partial charge < -0.3 is 4.90 Å². The van der Waals surface area contributed by atoms with Crippen LogP contribution < -0.4 is 4.72 Å². The molecule has 132 valence electrons. The molecule has 1 aromatic carbocycles. The van der Waals surface area contributed by atoms with Crippen LogP contribution in [0.2, 0.25) is 0 Å². The molecule has 0 spiro atoms. The molecule has 1 atom stereocenters. The summed E-state index contributed by atoms with van der Waals surface area (Å²) in [7, 11) is -3.73. The Morgan fingerprint density at radius 2 is 2.08 bits per heavy atom. The minimum absolute atomic E-state index is 0.0262. The van der Waals surface area contributed by atoms with Crippen LogP contribution in [0.15, 0.2) is 29.2 Å². The largest absolute Gasteiger partial charge is 0.342 e. The summed E-state index contributed by atoms with van der Waals surface area (Å²) in [6.07, 6.45) is 2.26. The average Bonchev–Trinajstić information content (AvgIpc) is 2.54. The van der Waals surface area contributed by atoms with Gasteiger partial charge in [-0.1, -0.05) is 19.1 Å². The number of ketones is 1. The van der Waals surface area contributed by atoms with Gasteiger partial charge in [0.05, 0.1) is 4.90 Å². The summed E-state index contributed by atoms with van der Waals surface area (Å²) in [5.41, 5.74) is 0.344. The van der Waals surface area contributed by atoms with E-state index in [0.717, 1.165) is 25.9 Å². The molecule has 1 aliphatic heterocycles. The van der Waals surface area contributed by atoms with E-state index in [2.05, 4.69) is 11.6 Å². The smallest absolute Gasteiger partial charge is 0.240 e. The number of likely N-dealkylation sites (tertiary alicyclic amines) is 1. The highest BCUT2D eigenvalue weighted by Gasteiger charge is 2.21. The molecule has 1 fully saturated rings. The van der Waals surface area contributed by atoms with E-state index < -0.39 is 10.0 Å². The van der Waals surface area contributed by atoms with Crippen molar-refractivity contribution in [2.24, 2.45) is 5.92 Å². The van der Waals surface area contributed by atoms with Gasteiger partial charge in [0.25, 0.3) is 0 Å². The van der Waals surface area contributed by atoms with Gasteiger partial charge >= 0.3 is 0 Å². The van der Waals surface area contributed by atoms with Gasteiger partial charge in [0.1, 0.15) is 0 Å². The second-order valence-corrected chi connectivity index (χ2v) is 8.09. The molecule has 1 heterocycles. The van der Waals surface area contributed by atoms with Crippen LogP contribution in [0, 0.1) is 5.92 Å². The molecular weight excluding hydrogens is 328 g/mol. The Balaban J connectivity index is 1.92. The van der Waals surface area contributed by atoms with Gasteiger partial charge in [-0.25, -0.2) is 13.1 Å². The van der Waals surface area contributed by atoms with E-state index in [1.54, 1.807) is 11.0 Å². The van der Waals surface area contributed by atoms with E-state index in [9.17, 15) is 18.0 Å². The predicted octanol–water partition coefficient (Wildman–Crippen LogP) is 1.82. The van der Waals surface area contributed by atoms with Gasteiger partial charge in [-0.15, -0.1) is 0 Å². The molecule has 1 saturated heterocycles. The van der Waals surface area contributed by atoms with Crippen LogP contribution in [-0.4, -0.2) is 44.6 Å². The Morgan fingerprint density at radius 1 is 1.33 bits per heavy atom. The summed E-state index contributed by atoms with van der Waals surface area (Å²) in [6.45, 7) is 5.04. The number of nitrogens with zero attached hydrogens (tertiary/aromatic N) is 1. The minimum Gasteiger partial charge on any atom is -0.342 e. The zero-order valence-electron chi connectivity index (χ0n) is 14.1. The summed E-state index contributed by atoms with van der Waals surface area (Å²) < 4.78 is 27.0. The van der Waals surface area contributed by atoms with E-state index in [1.165, 1.54) is 25.1 Å². The Bertz CT molecular complexity index is 715. The van der Waals surface area contributed by atoms with Crippen LogP contribution in [0.1, 0.15) is 43.5 Å². The van der Waals surface area contributed by atoms with Crippen molar-refractivity contribution in [3.05, 3.63) is 29.8 Å². The van der Waals surface area contributed by atoms with Gasteiger partial charge in [0, 0.05) is 31.6 Å². The first kappa shape index (κ1) is 18.6. The molecule has 0 saturated carbocycles. The van der Waals surface area contributed by atoms with Crippen molar-refractivity contribution in [2.75, 3.05) is 19.6 Å². The van der Waals surface area contributed by atoms with Crippen molar-refractivity contribution in [2.45, 2.75) is 38.0 Å². The third kappa shape index (κ3) is 4.88. The number of nitrogens with one attached hydrogen (secondary N) is 1. The van der Waals surface area contributed by atoms with Gasteiger partial charge in [-0.05, 0) is 37.8 Å². The first-order valence-corrected chi connectivity index (χ1v) is 9.66. The third-order valence-electron chi connectivity index (χ3n) is 4.19. The van der Waals surface area contributed by atoms with Crippen molar-refractivity contribution in [3.8, 4) is 0 Å². The van der Waals surface area contributed by atoms with Gasteiger partial charge in [0.2, 0.25) is 15.9 Å². The van der Waals surface area contributed by atoms with E-state index in [0.29, 0.717) is 11.5 Å². The number of hydrogen-bond acceptors (Lipinski definition) is 4. The quantitative estimate of drug-likeness (QED) is 0.792. The second-order valence-electron chi connectivity index (χ2n) is 6.32. The van der Waals surface area contributed by atoms with Gasteiger partial charge in [-0.2, -0.15) is 0 Å². The highest BCUT2D eigenvalue weighted by molar-refractivity contribution is 7.89. The van der Waals surface area contributed by atoms with Crippen molar-refractivity contribution < 1.29 is 18.0 Å². The maximum absolute atomic E-state index is 12.3. The number of piperidine rings is 1. The first-order chi connectivity index (χ1) is 11.3. The van der Waals surface area contributed by atoms with Crippen LogP contribution in [0.3, 0.4) is 0 Å². The molecular formula is C17H24N2O4S. The SMILES string of the molecule is CC(=O)c1cccc(S(=O)(=O)NCCC(=O)N2CCCC(C)C2)c1. The molecule has 7 heteroatoms. The summed E-state index contributed by atoms with van der Waals surface area (Å²) in [4.78, 5) is 25.4. The number of benzene rings is 1. The van der Waals surface area contributed by atoms with E-state index in [-0.39, 0.29) is 29.6 Å². The molecule has 24 heavy (non-hydrogen) atoms. The summed E-state index contributed by atoms with van der Waals surface area (Å²) in [5.74, 6) is 0.275. The minimum atomic E-state index is -3.73. The van der Waals surface area contributed by atoms with E-state index in [4.69, 9.17) is 0 Å². The number of Topliss-reactive ketones (excluding diaryl/α,β-unsaturated/α-hetero) is 1. The Morgan fingerprint density at radius 3 is 2.75 bits per heavy atom. The standard InChI is InChI=1S/C17H24N2O4S/c1-13-5-4-10-19(12-13)17(21)8-9-18-24(22,23)16-7-3-6-15(11-16)14(2)20/h3,6-7,11,13,18H,4-5,8-10,12H2,1-2H3. The maximum atomic E-state index is 12.3. The summed E-state index contributed by atoms with van der Waals surface area (Å²) in [5, 5.41) is 0. The molecule has 1 N–H and O–H groups in total. The predicted molar refractivity (Wildman–Crippen MR) is 91.2 cm³/mol. The molecule has 0 aliphatic carbocycles. The number of amides is 1. The number of hydrogen-bond donors (Lipinski definition) is 1. The fourth-order valence-electron chi connectivity index (χ4n) is 2.83. The van der Waals surface area contributed by atoms with Crippen LogP contribution >= 0.6 is 0 Å². The number of carbonyl (C=O) groups is 2. The zero-order chi connectivity index (χ0) is 17.7. The van der Waals surface area contributed by atoms with Crippen molar-refractivity contribution >= 4 is 21.7 Å². The molecule has 0 bridgehead atoms. The topological polar surface area (TPSA) is 83.5 Å². The summed E-state index contributed by atoms with van der Waals surface area (Å²) in [6, 6.07) is 5.88. The first-order valence-electron chi connectivity index (χ1n) is 8.18. The fourth-order valence-corrected chi connectivity index (χ4v) is 3.91. The normalized spacial score (nSPS) is 18.4. The number of sulfonamides is 1. The van der Waals surface area contributed by atoms with E-state index in [1.807, 2.05) is 0 Å². The van der Waals surface area contributed by atoms with E-state index >= 15 is 0 Å². The zero-order valence-corrected chi connectivity index (χ0v) is 14.9. The highest BCUT2D eigenvalue weighted by Crippen LogP contribution is 2.16. The Kier molecular flexibility index (Phi) is 6.12. The molecule has 1 amide bonds. The molecule has 1 unspecified atom stereocenters. The lowest BCUT2D eigenvalue weighted by atomic mass is 10.0. The van der Waals surface area contributed by atoms with Crippen molar-refractivity contribution in [1.82, 2.24) is 9.62 Å². The van der Waals surface area contributed by atoms with Crippen LogP contribution in [0.5, 0.6) is 0 Å². The lowest BCUT2D eigenvalue weighted by Gasteiger charge is -2.31. The average molecular weight is 352 g/mol. The Labute approximate surface area is 143 Å². The lowest BCUT2D eigenvalue weighted by Crippen LogP contribution is -2.40. The Hall–Kier alpha value is -1.73. The molecule has 2 rings (SSSR count). The molecule has 6 nitrogen and oxygen atoms in total. The molecule has 0 aromatic heterocycles. The number of rotatable bonds is 6. The van der Waals surface area contributed by atoms with Gasteiger partial charge in [0.15, 0.2) is 5.78 Å². The lowest BCUT2D eigenvalue weighted by molar-refractivity contribution is -0.132. The maximum Gasteiger partial charge on any atom is 0.240 e. The number of carbonyl (C=O) groups excluding carboxylic acids is 2. The van der Waals surface area contributed by atoms with Crippen molar-refractivity contribution in [3.63, 3.8) is 0 Å². The fraction of sp³-hybridized carbons (Fsp3) is 0.529. The highest BCUT2D eigenvalue weighted by atomic mass is 32.2. The van der Waals surface area contributed by atoms with Gasteiger partial charge in [-0.3, -0.25) is 9.59 Å². The second kappa shape index (κ2) is 7.90. The van der Waals surface area contributed by atoms with Crippen LogP contribution in [0.25, 0.3) is 0 Å². The van der Waals surface area contributed by atoms with Crippen molar-refractivity contribution in [1.29, 1.82) is 0 Å². The monoisotopic (exact) mass is 352 g/mol. The van der Waals surface area contributed by atoms with Crippen LogP contribution in [0.4, 0.5) is 0 Å². The molecule has 1 aromatic rings. The summed E-state index contributed by atoms with van der Waals surface area (Å²) >= 11 is 0. The molecule has 0 radical (unpaired) electrons. The van der Waals surface area contributed by atoms with Crippen LogP contribution in [-0.2, 0) is 14.8 Å². The molecule has 1 aliphatic rings. The third-order valence-corrected chi connectivity index (χ3v) is 5.65.